The zero-order valence-corrected chi connectivity index (χ0v) is 17.2. The Labute approximate surface area is 184 Å². The summed E-state index contributed by atoms with van der Waals surface area (Å²) in [4.78, 5) is 25.4. The van der Waals surface area contributed by atoms with E-state index < -0.39 is 11.5 Å². The van der Waals surface area contributed by atoms with Gasteiger partial charge in [-0.15, -0.1) is 0 Å². The molecule has 0 unspecified atom stereocenters. The topological polar surface area (TPSA) is 56.5 Å². The quantitative estimate of drug-likeness (QED) is 0.204. The van der Waals surface area contributed by atoms with Gasteiger partial charge in [-0.1, -0.05) is 91.0 Å². The standard InChI is InChI=1S/C28H20O4/c29-25-17-22(27-23-14-8-7-9-19(23)15-16-24(27)32-25)18-31-28(30)26(20-10-3-1-4-11-20)21-12-5-2-6-13-21/h1-17,26H,18H2. The molecular weight excluding hydrogens is 400 g/mol. The summed E-state index contributed by atoms with van der Waals surface area (Å²) in [6.07, 6.45) is 0. The van der Waals surface area contributed by atoms with Gasteiger partial charge in [0.15, 0.2) is 0 Å². The number of esters is 1. The molecule has 0 aliphatic heterocycles. The first-order valence-electron chi connectivity index (χ1n) is 10.4. The average Bonchev–Trinajstić information content (AvgIpc) is 2.83. The summed E-state index contributed by atoms with van der Waals surface area (Å²) in [6, 6.07) is 32.1. The fraction of sp³-hybridized carbons (Fsp3) is 0.0714. The molecule has 0 saturated carbocycles. The molecule has 0 amide bonds. The van der Waals surface area contributed by atoms with Crippen LogP contribution in [0.15, 0.2) is 112 Å². The van der Waals surface area contributed by atoms with Crippen LogP contribution in [0, 0.1) is 0 Å². The summed E-state index contributed by atoms with van der Waals surface area (Å²) in [7, 11) is 0. The summed E-state index contributed by atoms with van der Waals surface area (Å²) in [5.41, 5.74) is 2.34. The number of hydrogen-bond acceptors (Lipinski definition) is 4. The van der Waals surface area contributed by atoms with Crippen LogP contribution in [0.2, 0.25) is 0 Å². The predicted molar refractivity (Wildman–Crippen MR) is 125 cm³/mol. The number of carbonyl (C=O) groups excluding carboxylic acids is 1. The molecule has 0 saturated heterocycles. The summed E-state index contributed by atoms with van der Waals surface area (Å²) in [5.74, 6) is -0.926. The minimum atomic E-state index is -0.555. The molecule has 5 rings (SSSR count). The maximum Gasteiger partial charge on any atom is 0.336 e. The maximum absolute atomic E-state index is 13.3. The second kappa shape index (κ2) is 8.52. The Morgan fingerprint density at radius 2 is 1.41 bits per heavy atom. The van der Waals surface area contributed by atoms with Crippen LogP contribution >= 0.6 is 0 Å². The van der Waals surface area contributed by atoms with Crippen molar-refractivity contribution in [1.82, 2.24) is 0 Å². The van der Waals surface area contributed by atoms with E-state index >= 15 is 0 Å². The first-order valence-corrected chi connectivity index (χ1v) is 10.4. The molecule has 4 aromatic carbocycles. The van der Waals surface area contributed by atoms with Crippen LogP contribution in [0.25, 0.3) is 21.7 Å². The molecule has 0 bridgehead atoms. The molecule has 0 aliphatic rings. The van der Waals surface area contributed by atoms with E-state index in [0.29, 0.717) is 11.1 Å². The summed E-state index contributed by atoms with van der Waals surface area (Å²) < 4.78 is 11.2. The van der Waals surface area contributed by atoms with Gasteiger partial charge in [0.05, 0.1) is 0 Å². The lowest BCUT2D eigenvalue weighted by Crippen LogP contribution is -2.17. The van der Waals surface area contributed by atoms with Crippen LogP contribution in [0.1, 0.15) is 22.6 Å². The molecule has 4 heteroatoms. The van der Waals surface area contributed by atoms with Gasteiger partial charge in [0, 0.05) is 17.0 Å². The van der Waals surface area contributed by atoms with Crippen molar-refractivity contribution in [1.29, 1.82) is 0 Å². The van der Waals surface area contributed by atoms with E-state index in [1.807, 2.05) is 91.0 Å². The second-order valence-corrected chi connectivity index (χ2v) is 7.61. The molecule has 1 heterocycles. The highest BCUT2D eigenvalue weighted by Crippen LogP contribution is 2.30. The van der Waals surface area contributed by atoms with Crippen LogP contribution in [-0.2, 0) is 16.1 Å². The molecule has 1 aromatic heterocycles. The maximum atomic E-state index is 13.3. The lowest BCUT2D eigenvalue weighted by molar-refractivity contribution is -0.145. The summed E-state index contributed by atoms with van der Waals surface area (Å²) in [5, 5.41) is 2.75. The Hall–Kier alpha value is -4.18. The van der Waals surface area contributed by atoms with Crippen LogP contribution in [0.3, 0.4) is 0 Å². The van der Waals surface area contributed by atoms with Crippen LogP contribution in [0.4, 0.5) is 0 Å². The van der Waals surface area contributed by atoms with E-state index in [2.05, 4.69) is 0 Å². The number of carbonyl (C=O) groups is 1. The number of rotatable bonds is 5. The average molecular weight is 420 g/mol. The second-order valence-electron chi connectivity index (χ2n) is 7.61. The van der Waals surface area contributed by atoms with Crippen molar-refractivity contribution in [2.75, 3.05) is 0 Å². The van der Waals surface area contributed by atoms with Crippen molar-refractivity contribution in [3.63, 3.8) is 0 Å². The Balaban J connectivity index is 1.53. The Morgan fingerprint density at radius 1 is 0.781 bits per heavy atom. The molecule has 0 spiro atoms. The van der Waals surface area contributed by atoms with E-state index in [9.17, 15) is 9.59 Å². The van der Waals surface area contributed by atoms with Crippen LogP contribution < -0.4 is 5.63 Å². The Kier molecular flexibility index (Phi) is 5.26. The molecule has 0 fully saturated rings. The Bertz CT molecular complexity index is 1410. The first-order chi connectivity index (χ1) is 15.7. The van der Waals surface area contributed by atoms with E-state index in [-0.39, 0.29) is 12.6 Å². The molecule has 32 heavy (non-hydrogen) atoms. The highest BCUT2D eigenvalue weighted by Gasteiger charge is 2.24. The lowest BCUT2D eigenvalue weighted by Gasteiger charge is -2.17. The number of hydrogen-bond donors (Lipinski definition) is 0. The largest absolute Gasteiger partial charge is 0.460 e. The molecule has 5 aromatic rings. The van der Waals surface area contributed by atoms with Crippen molar-refractivity contribution in [3.05, 3.63) is 130 Å². The molecular formula is C28H20O4. The first kappa shape index (κ1) is 19.8. The van der Waals surface area contributed by atoms with Crippen molar-refractivity contribution in [3.8, 4) is 0 Å². The van der Waals surface area contributed by atoms with E-state index in [1.54, 1.807) is 6.07 Å². The van der Waals surface area contributed by atoms with Gasteiger partial charge in [-0.25, -0.2) is 4.79 Å². The number of fused-ring (bicyclic) bond motifs is 3. The highest BCUT2D eigenvalue weighted by molar-refractivity contribution is 6.07. The van der Waals surface area contributed by atoms with Crippen molar-refractivity contribution < 1.29 is 13.9 Å². The Morgan fingerprint density at radius 3 is 2.09 bits per heavy atom. The molecule has 0 radical (unpaired) electrons. The normalized spacial score (nSPS) is 11.2. The molecule has 156 valence electrons. The highest BCUT2D eigenvalue weighted by atomic mass is 16.5. The minimum absolute atomic E-state index is 0.0227. The van der Waals surface area contributed by atoms with Gasteiger partial charge in [0.1, 0.15) is 18.1 Å². The van der Waals surface area contributed by atoms with Gasteiger partial charge in [-0.2, -0.15) is 0 Å². The molecule has 0 N–H and O–H groups in total. The number of ether oxygens (including phenoxy) is 1. The summed E-state index contributed by atoms with van der Waals surface area (Å²) in [6.45, 7) is -0.0227. The van der Waals surface area contributed by atoms with Gasteiger partial charge in [-0.05, 0) is 28.0 Å². The van der Waals surface area contributed by atoms with E-state index in [0.717, 1.165) is 27.3 Å². The van der Waals surface area contributed by atoms with Gasteiger partial charge in [0.25, 0.3) is 0 Å². The minimum Gasteiger partial charge on any atom is -0.460 e. The third-order valence-corrected chi connectivity index (χ3v) is 5.59. The monoisotopic (exact) mass is 420 g/mol. The van der Waals surface area contributed by atoms with Gasteiger partial charge < -0.3 is 9.15 Å². The van der Waals surface area contributed by atoms with Crippen molar-refractivity contribution in [2.24, 2.45) is 0 Å². The van der Waals surface area contributed by atoms with Crippen molar-refractivity contribution in [2.45, 2.75) is 12.5 Å². The third-order valence-electron chi connectivity index (χ3n) is 5.59. The van der Waals surface area contributed by atoms with Crippen LogP contribution in [0.5, 0.6) is 0 Å². The predicted octanol–water partition coefficient (Wildman–Crippen LogP) is 5.82. The van der Waals surface area contributed by atoms with Gasteiger partial charge in [-0.3, -0.25) is 4.79 Å². The van der Waals surface area contributed by atoms with Gasteiger partial charge >= 0.3 is 11.6 Å². The lowest BCUT2D eigenvalue weighted by atomic mass is 9.91. The fourth-order valence-corrected chi connectivity index (χ4v) is 4.12. The smallest absolute Gasteiger partial charge is 0.336 e. The van der Waals surface area contributed by atoms with Crippen LogP contribution in [-0.4, -0.2) is 5.97 Å². The van der Waals surface area contributed by atoms with Gasteiger partial charge in [0.2, 0.25) is 0 Å². The zero-order valence-electron chi connectivity index (χ0n) is 17.2. The van der Waals surface area contributed by atoms with E-state index in [4.69, 9.17) is 9.15 Å². The fourth-order valence-electron chi connectivity index (χ4n) is 4.12. The van der Waals surface area contributed by atoms with Crippen molar-refractivity contribution >= 4 is 27.7 Å². The molecule has 4 nitrogen and oxygen atoms in total. The third kappa shape index (κ3) is 3.79. The van der Waals surface area contributed by atoms with E-state index in [1.165, 1.54) is 6.07 Å². The SMILES string of the molecule is O=C(OCc1cc(=O)oc2ccc3ccccc3c12)C(c1ccccc1)c1ccccc1. The number of benzene rings is 4. The zero-order chi connectivity index (χ0) is 21.9. The molecule has 0 atom stereocenters. The summed E-state index contributed by atoms with van der Waals surface area (Å²) >= 11 is 0. The molecule has 0 aliphatic carbocycles.